The molecule has 126 valence electrons. The van der Waals surface area contributed by atoms with Gasteiger partial charge < -0.3 is 10.6 Å². The van der Waals surface area contributed by atoms with Gasteiger partial charge in [-0.3, -0.25) is 9.59 Å². The molecule has 1 unspecified atom stereocenters. The van der Waals surface area contributed by atoms with E-state index in [0.717, 1.165) is 12.0 Å². The van der Waals surface area contributed by atoms with Crippen molar-refractivity contribution >= 4 is 29.1 Å². The number of rotatable bonds is 6. The van der Waals surface area contributed by atoms with Crippen molar-refractivity contribution in [3.63, 3.8) is 0 Å². The number of benzene rings is 2. The van der Waals surface area contributed by atoms with Crippen LogP contribution in [0.5, 0.6) is 0 Å². The molecule has 0 aliphatic carbocycles. The lowest BCUT2D eigenvalue weighted by Gasteiger charge is -2.14. The Labute approximate surface area is 147 Å². The summed E-state index contributed by atoms with van der Waals surface area (Å²) < 4.78 is 0. The van der Waals surface area contributed by atoms with Crippen LogP contribution in [-0.4, -0.2) is 17.9 Å². The quantitative estimate of drug-likeness (QED) is 0.830. The van der Waals surface area contributed by atoms with Gasteiger partial charge in [0.05, 0.1) is 17.7 Å². The minimum atomic E-state index is -0.188. The van der Waals surface area contributed by atoms with Gasteiger partial charge in [-0.2, -0.15) is 0 Å². The zero-order valence-electron chi connectivity index (χ0n) is 13.8. The molecule has 0 saturated carbocycles. The Bertz CT molecular complexity index is 714. The van der Waals surface area contributed by atoms with Crippen LogP contribution in [0.1, 0.15) is 36.2 Å². The Morgan fingerprint density at radius 1 is 1.08 bits per heavy atom. The molecule has 0 aromatic heterocycles. The molecular formula is C19H21ClN2O2. The summed E-state index contributed by atoms with van der Waals surface area (Å²) in [6.07, 6.45) is 1.06. The van der Waals surface area contributed by atoms with E-state index in [2.05, 4.69) is 10.6 Å². The fourth-order valence-electron chi connectivity index (χ4n) is 2.18. The molecule has 0 spiro atoms. The van der Waals surface area contributed by atoms with E-state index in [1.54, 1.807) is 36.4 Å². The van der Waals surface area contributed by atoms with E-state index in [9.17, 15) is 9.59 Å². The van der Waals surface area contributed by atoms with E-state index >= 15 is 0 Å². The second kappa shape index (κ2) is 8.50. The first kappa shape index (κ1) is 18.0. The van der Waals surface area contributed by atoms with Gasteiger partial charge in [-0.1, -0.05) is 42.8 Å². The Balaban J connectivity index is 2.07. The maximum Gasteiger partial charge on any atom is 0.253 e. The van der Waals surface area contributed by atoms with Crippen molar-refractivity contribution in [1.29, 1.82) is 0 Å². The van der Waals surface area contributed by atoms with Crippen LogP contribution in [0, 0.1) is 0 Å². The fraction of sp³-hybridized carbons (Fsp3) is 0.263. The lowest BCUT2D eigenvalue weighted by Crippen LogP contribution is -2.32. The van der Waals surface area contributed by atoms with E-state index in [-0.39, 0.29) is 24.3 Å². The highest BCUT2D eigenvalue weighted by Gasteiger charge is 2.14. The van der Waals surface area contributed by atoms with Gasteiger partial charge >= 0.3 is 0 Å². The molecule has 2 aromatic carbocycles. The fourth-order valence-corrected chi connectivity index (χ4v) is 2.30. The first-order chi connectivity index (χ1) is 11.5. The average molecular weight is 345 g/mol. The third-order valence-corrected chi connectivity index (χ3v) is 3.97. The molecule has 0 aliphatic rings. The lowest BCUT2D eigenvalue weighted by molar-refractivity contribution is -0.115. The molecule has 24 heavy (non-hydrogen) atoms. The van der Waals surface area contributed by atoms with Crippen molar-refractivity contribution in [2.45, 2.75) is 32.7 Å². The first-order valence-electron chi connectivity index (χ1n) is 7.93. The molecule has 0 heterocycles. The largest absolute Gasteiger partial charge is 0.350 e. The minimum absolute atomic E-state index is 0.0790. The summed E-state index contributed by atoms with van der Waals surface area (Å²) in [5.41, 5.74) is 1.83. The normalized spacial score (nSPS) is 11.6. The van der Waals surface area contributed by atoms with Gasteiger partial charge in [-0.05, 0) is 43.2 Å². The summed E-state index contributed by atoms with van der Waals surface area (Å²) in [6.45, 7) is 3.95. The van der Waals surface area contributed by atoms with Gasteiger partial charge in [-0.15, -0.1) is 0 Å². The Morgan fingerprint density at radius 3 is 2.42 bits per heavy atom. The molecule has 2 N–H and O–H groups in total. The molecule has 0 radical (unpaired) electrons. The number of amides is 2. The number of para-hydroxylation sites is 1. The SMILES string of the molecule is CCC(C)NC(=O)c1ccccc1NC(=O)Cc1ccc(Cl)cc1. The zero-order valence-corrected chi connectivity index (χ0v) is 14.6. The predicted molar refractivity (Wildman–Crippen MR) is 97.4 cm³/mol. The standard InChI is InChI=1S/C19H21ClN2O2/c1-3-13(2)21-19(24)16-6-4-5-7-17(16)22-18(23)12-14-8-10-15(20)11-9-14/h4-11,13H,3,12H2,1-2H3,(H,21,24)(H,22,23). The number of anilines is 1. The van der Waals surface area contributed by atoms with Crippen LogP contribution in [0.25, 0.3) is 0 Å². The van der Waals surface area contributed by atoms with Crippen LogP contribution in [0.3, 0.4) is 0 Å². The second-order valence-electron chi connectivity index (χ2n) is 5.68. The highest BCUT2D eigenvalue weighted by Crippen LogP contribution is 2.16. The van der Waals surface area contributed by atoms with Crippen LogP contribution >= 0.6 is 11.6 Å². The summed E-state index contributed by atoms with van der Waals surface area (Å²) in [7, 11) is 0. The number of carbonyl (C=O) groups excluding carboxylic acids is 2. The number of hydrogen-bond acceptors (Lipinski definition) is 2. The van der Waals surface area contributed by atoms with Gasteiger partial charge in [0, 0.05) is 11.1 Å². The Kier molecular flexibility index (Phi) is 6.38. The van der Waals surface area contributed by atoms with Gasteiger partial charge in [-0.25, -0.2) is 0 Å². The second-order valence-corrected chi connectivity index (χ2v) is 6.12. The number of hydrogen-bond donors (Lipinski definition) is 2. The Morgan fingerprint density at radius 2 is 1.75 bits per heavy atom. The summed E-state index contributed by atoms with van der Waals surface area (Å²) in [5, 5.41) is 6.35. The van der Waals surface area contributed by atoms with Crippen molar-refractivity contribution < 1.29 is 9.59 Å². The van der Waals surface area contributed by atoms with Crippen LogP contribution in [0.15, 0.2) is 48.5 Å². The van der Waals surface area contributed by atoms with Crippen molar-refractivity contribution in [1.82, 2.24) is 5.32 Å². The van der Waals surface area contributed by atoms with Gasteiger partial charge in [0.2, 0.25) is 5.91 Å². The zero-order chi connectivity index (χ0) is 17.5. The molecule has 1 atom stereocenters. The topological polar surface area (TPSA) is 58.2 Å². The van der Waals surface area contributed by atoms with Crippen molar-refractivity contribution in [3.8, 4) is 0 Å². The van der Waals surface area contributed by atoms with Crippen molar-refractivity contribution in [3.05, 3.63) is 64.7 Å². The number of nitrogens with one attached hydrogen (secondary N) is 2. The van der Waals surface area contributed by atoms with Gasteiger partial charge in [0.25, 0.3) is 5.91 Å². The summed E-state index contributed by atoms with van der Waals surface area (Å²) in [6, 6.07) is 14.2. The molecule has 0 aliphatic heterocycles. The van der Waals surface area contributed by atoms with Crippen LogP contribution in [0.4, 0.5) is 5.69 Å². The van der Waals surface area contributed by atoms with E-state index in [4.69, 9.17) is 11.6 Å². The van der Waals surface area contributed by atoms with E-state index in [1.165, 1.54) is 0 Å². The molecule has 0 fully saturated rings. The number of halogens is 1. The predicted octanol–water partition coefficient (Wildman–Crippen LogP) is 4.05. The summed E-state index contributed by atoms with van der Waals surface area (Å²) >= 11 is 5.84. The van der Waals surface area contributed by atoms with Gasteiger partial charge in [0.1, 0.15) is 0 Å². The van der Waals surface area contributed by atoms with Crippen molar-refractivity contribution in [2.75, 3.05) is 5.32 Å². The molecule has 4 nitrogen and oxygen atoms in total. The minimum Gasteiger partial charge on any atom is -0.350 e. The molecule has 0 saturated heterocycles. The average Bonchev–Trinajstić information content (AvgIpc) is 2.57. The van der Waals surface area contributed by atoms with Crippen LogP contribution < -0.4 is 10.6 Å². The van der Waals surface area contributed by atoms with E-state index in [0.29, 0.717) is 16.3 Å². The maximum atomic E-state index is 12.3. The van der Waals surface area contributed by atoms with Crippen molar-refractivity contribution in [2.24, 2.45) is 0 Å². The monoisotopic (exact) mass is 344 g/mol. The van der Waals surface area contributed by atoms with E-state index in [1.807, 2.05) is 26.0 Å². The highest BCUT2D eigenvalue weighted by atomic mass is 35.5. The summed E-state index contributed by atoms with van der Waals surface area (Å²) in [5.74, 6) is -0.368. The molecule has 5 heteroatoms. The van der Waals surface area contributed by atoms with Gasteiger partial charge in [0.15, 0.2) is 0 Å². The summed E-state index contributed by atoms with van der Waals surface area (Å²) in [4.78, 5) is 24.6. The number of carbonyl (C=O) groups is 2. The third-order valence-electron chi connectivity index (χ3n) is 3.71. The molecule has 2 aromatic rings. The first-order valence-corrected chi connectivity index (χ1v) is 8.31. The molecular weight excluding hydrogens is 324 g/mol. The van der Waals surface area contributed by atoms with Crippen LogP contribution in [-0.2, 0) is 11.2 Å². The Hall–Kier alpha value is -2.33. The smallest absolute Gasteiger partial charge is 0.253 e. The molecule has 2 amide bonds. The third kappa shape index (κ3) is 5.10. The van der Waals surface area contributed by atoms with E-state index < -0.39 is 0 Å². The molecule has 2 rings (SSSR count). The maximum absolute atomic E-state index is 12.3. The highest BCUT2D eigenvalue weighted by molar-refractivity contribution is 6.30. The molecule has 0 bridgehead atoms. The van der Waals surface area contributed by atoms with Crippen LogP contribution in [0.2, 0.25) is 5.02 Å². The lowest BCUT2D eigenvalue weighted by atomic mass is 10.1.